The van der Waals surface area contributed by atoms with Gasteiger partial charge in [-0.2, -0.15) is 13.2 Å². The lowest BCUT2D eigenvalue weighted by Gasteiger charge is -2.35. The molecule has 0 bridgehead atoms. The third kappa shape index (κ3) is 4.36. The molecule has 1 aromatic carbocycles. The Hall–Kier alpha value is -3.03. The first-order valence-electron chi connectivity index (χ1n) is 9.41. The lowest BCUT2D eigenvalue weighted by atomic mass is 10.1. The second kappa shape index (κ2) is 7.77. The van der Waals surface area contributed by atoms with Gasteiger partial charge in [0.1, 0.15) is 11.6 Å². The number of piperazine rings is 1. The van der Waals surface area contributed by atoms with Gasteiger partial charge in [-0.15, -0.1) is 0 Å². The van der Waals surface area contributed by atoms with E-state index in [1.54, 1.807) is 17.1 Å². The highest BCUT2D eigenvalue weighted by molar-refractivity contribution is 5.92. The van der Waals surface area contributed by atoms with Gasteiger partial charge in [0.25, 0.3) is 0 Å². The first kappa shape index (κ1) is 19.3. The van der Waals surface area contributed by atoms with Gasteiger partial charge in [0.2, 0.25) is 5.91 Å². The molecule has 2 aliphatic heterocycles. The molecule has 0 radical (unpaired) electrons. The van der Waals surface area contributed by atoms with Crippen LogP contribution in [0.4, 0.5) is 19.0 Å². The molecule has 1 amide bonds. The largest absolute Gasteiger partial charge is 0.493 e. The molecule has 2 aromatic rings. The maximum absolute atomic E-state index is 12.7. The van der Waals surface area contributed by atoms with Gasteiger partial charge < -0.3 is 14.5 Å². The lowest BCUT2D eigenvalue weighted by Crippen LogP contribution is -2.48. The molecule has 152 valence electrons. The van der Waals surface area contributed by atoms with E-state index in [1.807, 2.05) is 23.1 Å². The normalized spacial score (nSPS) is 16.8. The summed E-state index contributed by atoms with van der Waals surface area (Å²) in [5, 5.41) is 0. The number of carbonyl (C=O) groups excluding carboxylic acids is 1. The minimum Gasteiger partial charge on any atom is -0.493 e. The van der Waals surface area contributed by atoms with Crippen molar-refractivity contribution in [3.63, 3.8) is 0 Å². The summed E-state index contributed by atoms with van der Waals surface area (Å²) >= 11 is 0. The van der Waals surface area contributed by atoms with Crippen LogP contribution in [-0.2, 0) is 17.4 Å². The van der Waals surface area contributed by atoms with Crippen molar-refractivity contribution < 1.29 is 22.7 Å². The van der Waals surface area contributed by atoms with Crippen LogP contribution in [0.5, 0.6) is 5.75 Å². The fraction of sp³-hybridized carbons (Fsp3) is 0.333. The number of hydrogen-bond acceptors (Lipinski definition) is 4. The molecular weight excluding hydrogens is 383 g/mol. The summed E-state index contributed by atoms with van der Waals surface area (Å²) in [6.45, 7) is 2.72. The zero-order valence-corrected chi connectivity index (χ0v) is 15.7. The molecule has 0 atom stereocenters. The second-order valence-corrected chi connectivity index (χ2v) is 7.01. The monoisotopic (exact) mass is 403 g/mol. The van der Waals surface area contributed by atoms with E-state index in [-0.39, 0.29) is 5.91 Å². The number of benzene rings is 1. The zero-order chi connectivity index (χ0) is 20.4. The topological polar surface area (TPSA) is 45.7 Å². The predicted molar refractivity (Wildman–Crippen MR) is 103 cm³/mol. The van der Waals surface area contributed by atoms with Crippen LogP contribution < -0.4 is 9.64 Å². The molecule has 4 rings (SSSR count). The summed E-state index contributed by atoms with van der Waals surface area (Å²) in [4.78, 5) is 20.0. The maximum atomic E-state index is 12.7. The Kier molecular flexibility index (Phi) is 5.17. The number of anilines is 1. The van der Waals surface area contributed by atoms with Crippen molar-refractivity contribution in [2.24, 2.45) is 0 Å². The van der Waals surface area contributed by atoms with E-state index in [4.69, 9.17) is 4.74 Å². The van der Waals surface area contributed by atoms with E-state index in [0.717, 1.165) is 35.6 Å². The van der Waals surface area contributed by atoms with Gasteiger partial charge in [0.05, 0.1) is 12.2 Å². The Bertz CT molecular complexity index is 918. The summed E-state index contributed by atoms with van der Waals surface area (Å²) in [6, 6.07) is 8.27. The molecule has 0 spiro atoms. The van der Waals surface area contributed by atoms with Gasteiger partial charge in [-0.05, 0) is 41.5 Å². The molecule has 5 nitrogen and oxygen atoms in total. The van der Waals surface area contributed by atoms with Crippen molar-refractivity contribution in [2.45, 2.75) is 12.6 Å². The zero-order valence-electron chi connectivity index (χ0n) is 15.7. The van der Waals surface area contributed by atoms with Gasteiger partial charge in [-0.3, -0.25) is 4.79 Å². The highest BCUT2D eigenvalue weighted by Crippen LogP contribution is 2.29. The average Bonchev–Trinajstić information content (AvgIpc) is 3.19. The van der Waals surface area contributed by atoms with E-state index < -0.39 is 11.7 Å². The van der Waals surface area contributed by atoms with Crippen molar-refractivity contribution in [1.29, 1.82) is 0 Å². The predicted octanol–water partition coefficient (Wildman–Crippen LogP) is 3.40. The van der Waals surface area contributed by atoms with Crippen LogP contribution in [0, 0.1) is 0 Å². The summed E-state index contributed by atoms with van der Waals surface area (Å²) in [6.07, 6.45) is 0.686. The van der Waals surface area contributed by atoms with Crippen molar-refractivity contribution in [1.82, 2.24) is 9.88 Å². The smallest absolute Gasteiger partial charge is 0.417 e. The highest BCUT2D eigenvalue weighted by Gasteiger charge is 2.31. The molecule has 2 aliphatic rings. The molecule has 1 saturated heterocycles. The van der Waals surface area contributed by atoms with Crippen LogP contribution >= 0.6 is 0 Å². The molecule has 3 heterocycles. The van der Waals surface area contributed by atoms with E-state index in [1.165, 1.54) is 6.07 Å². The van der Waals surface area contributed by atoms with Crippen molar-refractivity contribution in [2.75, 3.05) is 37.7 Å². The number of pyridine rings is 1. The summed E-state index contributed by atoms with van der Waals surface area (Å²) in [7, 11) is 0. The fourth-order valence-corrected chi connectivity index (χ4v) is 3.48. The van der Waals surface area contributed by atoms with Crippen LogP contribution in [-0.4, -0.2) is 48.6 Å². The molecule has 1 aromatic heterocycles. The third-order valence-corrected chi connectivity index (χ3v) is 5.12. The molecule has 0 aliphatic carbocycles. The molecule has 29 heavy (non-hydrogen) atoms. The number of alkyl halides is 3. The van der Waals surface area contributed by atoms with Gasteiger partial charge in [0.15, 0.2) is 0 Å². The Balaban J connectivity index is 1.32. The number of halogens is 3. The summed E-state index contributed by atoms with van der Waals surface area (Å²) in [5.74, 6) is 1.31. The standard InChI is InChI=1S/C21H20F3N3O2/c22-21(23,24)17-3-5-19(25-14-17)26-8-10-27(11-9-26)20(28)6-2-15-1-4-18-16(13-15)7-12-29-18/h1-6,13-14H,7-12H2/b6-2+. The number of rotatable bonds is 3. The maximum Gasteiger partial charge on any atom is 0.417 e. The van der Waals surface area contributed by atoms with E-state index >= 15 is 0 Å². The van der Waals surface area contributed by atoms with Crippen LogP contribution in [0.15, 0.2) is 42.6 Å². The van der Waals surface area contributed by atoms with Crippen LogP contribution in [0.25, 0.3) is 6.08 Å². The molecule has 0 unspecified atom stereocenters. The van der Waals surface area contributed by atoms with Crippen LogP contribution in [0.1, 0.15) is 16.7 Å². The van der Waals surface area contributed by atoms with Crippen molar-refractivity contribution in [3.05, 3.63) is 59.3 Å². The highest BCUT2D eigenvalue weighted by atomic mass is 19.4. The van der Waals surface area contributed by atoms with Crippen LogP contribution in [0.3, 0.4) is 0 Å². The number of hydrogen-bond donors (Lipinski definition) is 0. The van der Waals surface area contributed by atoms with Crippen LogP contribution in [0.2, 0.25) is 0 Å². The summed E-state index contributed by atoms with van der Waals surface area (Å²) in [5.41, 5.74) is 1.34. The SMILES string of the molecule is O=C(/C=C/c1ccc2c(c1)CCO2)N1CCN(c2ccc(C(F)(F)F)cn2)CC1. The Morgan fingerprint density at radius 2 is 1.90 bits per heavy atom. The van der Waals surface area contributed by atoms with Gasteiger partial charge >= 0.3 is 6.18 Å². The Morgan fingerprint density at radius 3 is 2.59 bits per heavy atom. The molecule has 0 saturated carbocycles. The Labute approximate surface area is 166 Å². The molecule has 0 N–H and O–H groups in total. The van der Waals surface area contributed by atoms with Crippen molar-refractivity contribution >= 4 is 17.8 Å². The fourth-order valence-electron chi connectivity index (χ4n) is 3.48. The number of carbonyl (C=O) groups is 1. The quantitative estimate of drug-likeness (QED) is 0.737. The number of nitrogens with zero attached hydrogens (tertiary/aromatic N) is 3. The average molecular weight is 403 g/mol. The lowest BCUT2D eigenvalue weighted by molar-refractivity contribution is -0.137. The minimum absolute atomic E-state index is 0.0817. The first-order valence-corrected chi connectivity index (χ1v) is 9.41. The number of ether oxygens (including phenoxy) is 1. The minimum atomic E-state index is -4.39. The molecule has 1 fully saturated rings. The second-order valence-electron chi connectivity index (χ2n) is 7.01. The van der Waals surface area contributed by atoms with E-state index in [2.05, 4.69) is 4.98 Å². The molecular formula is C21H20F3N3O2. The Morgan fingerprint density at radius 1 is 1.10 bits per heavy atom. The van der Waals surface area contributed by atoms with Gasteiger partial charge in [-0.25, -0.2) is 4.98 Å². The molecule has 8 heteroatoms. The number of amides is 1. The van der Waals surface area contributed by atoms with Gasteiger partial charge in [-0.1, -0.05) is 6.07 Å². The van der Waals surface area contributed by atoms with Gasteiger partial charge in [0, 0.05) is 44.9 Å². The number of aromatic nitrogens is 1. The van der Waals surface area contributed by atoms with E-state index in [9.17, 15) is 18.0 Å². The van der Waals surface area contributed by atoms with E-state index in [0.29, 0.717) is 38.6 Å². The van der Waals surface area contributed by atoms with Crippen molar-refractivity contribution in [3.8, 4) is 5.75 Å². The first-order chi connectivity index (χ1) is 13.9. The number of fused-ring (bicyclic) bond motifs is 1. The third-order valence-electron chi connectivity index (χ3n) is 5.12. The summed E-state index contributed by atoms with van der Waals surface area (Å²) < 4.78 is 43.4.